The maximum absolute atomic E-state index is 12.2. The van der Waals surface area contributed by atoms with Crippen molar-refractivity contribution in [1.29, 1.82) is 0 Å². The summed E-state index contributed by atoms with van der Waals surface area (Å²) in [6, 6.07) is 15.6. The highest BCUT2D eigenvalue weighted by atomic mass is 16.5. The lowest BCUT2D eigenvalue weighted by Crippen LogP contribution is -2.28. The number of aromatic nitrogens is 2. The third-order valence-corrected chi connectivity index (χ3v) is 3.88. The number of rotatable bonds is 6. The van der Waals surface area contributed by atoms with E-state index >= 15 is 0 Å². The zero-order valence-electron chi connectivity index (χ0n) is 14.0. The molecule has 1 aromatic heterocycles. The normalized spacial score (nSPS) is 10.8. The van der Waals surface area contributed by atoms with Crippen LogP contribution in [0.1, 0.15) is 13.3 Å². The van der Waals surface area contributed by atoms with Crippen LogP contribution in [0.25, 0.3) is 22.4 Å². The average molecular weight is 323 g/mol. The van der Waals surface area contributed by atoms with Gasteiger partial charge in [0.2, 0.25) is 5.91 Å². The molecule has 3 rings (SSSR count). The van der Waals surface area contributed by atoms with Gasteiger partial charge < -0.3 is 14.6 Å². The highest BCUT2D eigenvalue weighted by molar-refractivity contribution is 5.84. The third-order valence-electron chi connectivity index (χ3n) is 3.88. The number of hydrogen-bond acceptors (Lipinski definition) is 3. The van der Waals surface area contributed by atoms with Gasteiger partial charge in [0.15, 0.2) is 0 Å². The van der Waals surface area contributed by atoms with E-state index in [-0.39, 0.29) is 12.5 Å². The SMILES string of the molecule is CCCNC(=O)Cn1c(-c2ccc(OC)cc2)nc2ccccc21. The Bertz CT molecular complexity index is 837. The van der Waals surface area contributed by atoms with Crippen LogP contribution >= 0.6 is 0 Å². The van der Waals surface area contributed by atoms with Crippen molar-refractivity contribution in [2.75, 3.05) is 13.7 Å². The lowest BCUT2D eigenvalue weighted by molar-refractivity contribution is -0.121. The average Bonchev–Trinajstić information content (AvgIpc) is 2.98. The Morgan fingerprint density at radius 2 is 1.92 bits per heavy atom. The van der Waals surface area contributed by atoms with Crippen LogP contribution in [0.4, 0.5) is 0 Å². The lowest BCUT2D eigenvalue weighted by atomic mass is 10.2. The zero-order chi connectivity index (χ0) is 16.9. The van der Waals surface area contributed by atoms with Gasteiger partial charge in [-0.15, -0.1) is 0 Å². The van der Waals surface area contributed by atoms with Gasteiger partial charge in [-0.3, -0.25) is 4.79 Å². The molecule has 0 aliphatic carbocycles. The summed E-state index contributed by atoms with van der Waals surface area (Å²) in [4.78, 5) is 16.9. The molecule has 0 unspecified atom stereocenters. The van der Waals surface area contributed by atoms with Gasteiger partial charge in [-0.25, -0.2) is 4.98 Å². The second-order valence-electron chi connectivity index (χ2n) is 5.59. The van der Waals surface area contributed by atoms with E-state index in [1.807, 2.05) is 60.0 Å². The van der Waals surface area contributed by atoms with Crippen molar-refractivity contribution in [3.05, 3.63) is 48.5 Å². The van der Waals surface area contributed by atoms with E-state index in [2.05, 4.69) is 5.32 Å². The fourth-order valence-electron chi connectivity index (χ4n) is 2.66. The number of methoxy groups -OCH3 is 1. The molecule has 0 aliphatic heterocycles. The molecule has 0 saturated carbocycles. The minimum atomic E-state index is -0.00485. The van der Waals surface area contributed by atoms with E-state index in [9.17, 15) is 4.79 Å². The van der Waals surface area contributed by atoms with Crippen molar-refractivity contribution in [1.82, 2.24) is 14.9 Å². The fourth-order valence-corrected chi connectivity index (χ4v) is 2.66. The summed E-state index contributed by atoms with van der Waals surface area (Å²) in [6.45, 7) is 2.97. The Morgan fingerprint density at radius 1 is 1.17 bits per heavy atom. The molecule has 0 aliphatic rings. The van der Waals surface area contributed by atoms with Gasteiger partial charge in [-0.1, -0.05) is 19.1 Å². The van der Waals surface area contributed by atoms with Crippen LogP contribution in [0, 0.1) is 0 Å². The zero-order valence-corrected chi connectivity index (χ0v) is 14.0. The molecule has 1 heterocycles. The van der Waals surface area contributed by atoms with Gasteiger partial charge in [-0.2, -0.15) is 0 Å². The number of nitrogens with zero attached hydrogens (tertiary/aromatic N) is 2. The number of nitrogens with one attached hydrogen (secondary N) is 1. The van der Waals surface area contributed by atoms with Crippen LogP contribution in [-0.4, -0.2) is 29.1 Å². The number of ether oxygens (including phenoxy) is 1. The van der Waals surface area contributed by atoms with Crippen molar-refractivity contribution in [2.45, 2.75) is 19.9 Å². The summed E-state index contributed by atoms with van der Waals surface area (Å²) in [5.74, 6) is 1.57. The molecule has 124 valence electrons. The largest absolute Gasteiger partial charge is 0.497 e. The second-order valence-corrected chi connectivity index (χ2v) is 5.59. The molecule has 2 aromatic carbocycles. The first-order valence-corrected chi connectivity index (χ1v) is 8.09. The van der Waals surface area contributed by atoms with E-state index < -0.39 is 0 Å². The summed E-state index contributed by atoms with van der Waals surface area (Å²) in [6.07, 6.45) is 0.918. The van der Waals surface area contributed by atoms with Crippen LogP contribution in [0.5, 0.6) is 5.75 Å². The number of para-hydroxylation sites is 2. The first kappa shape index (κ1) is 16.1. The van der Waals surface area contributed by atoms with E-state index in [0.29, 0.717) is 6.54 Å². The molecule has 0 spiro atoms. The summed E-state index contributed by atoms with van der Waals surface area (Å²) in [5, 5.41) is 2.92. The molecular weight excluding hydrogens is 302 g/mol. The van der Waals surface area contributed by atoms with E-state index in [4.69, 9.17) is 9.72 Å². The molecule has 1 amide bonds. The summed E-state index contributed by atoms with van der Waals surface area (Å²) < 4.78 is 7.17. The Balaban J connectivity index is 2.02. The van der Waals surface area contributed by atoms with Crippen LogP contribution in [-0.2, 0) is 11.3 Å². The first-order chi connectivity index (χ1) is 11.7. The molecule has 1 N–H and O–H groups in total. The Labute approximate surface area is 141 Å². The second kappa shape index (κ2) is 7.17. The quantitative estimate of drug-likeness (QED) is 0.757. The monoisotopic (exact) mass is 323 g/mol. The molecule has 5 heteroatoms. The van der Waals surface area contributed by atoms with E-state index in [1.165, 1.54) is 0 Å². The van der Waals surface area contributed by atoms with Gasteiger partial charge in [-0.05, 0) is 42.8 Å². The fraction of sp³-hybridized carbons (Fsp3) is 0.263. The van der Waals surface area contributed by atoms with Crippen LogP contribution < -0.4 is 10.1 Å². The lowest BCUT2D eigenvalue weighted by Gasteiger charge is -2.10. The number of fused-ring (bicyclic) bond motifs is 1. The summed E-state index contributed by atoms with van der Waals surface area (Å²) >= 11 is 0. The van der Waals surface area contributed by atoms with Gasteiger partial charge >= 0.3 is 0 Å². The number of imidazole rings is 1. The molecular formula is C19H21N3O2. The van der Waals surface area contributed by atoms with E-state index in [1.54, 1.807) is 7.11 Å². The molecule has 0 atom stereocenters. The van der Waals surface area contributed by atoms with Crippen molar-refractivity contribution in [2.24, 2.45) is 0 Å². The minimum absolute atomic E-state index is 0.00485. The third kappa shape index (κ3) is 3.25. The van der Waals surface area contributed by atoms with Crippen molar-refractivity contribution in [3.63, 3.8) is 0 Å². The molecule has 5 nitrogen and oxygen atoms in total. The Hall–Kier alpha value is -2.82. The van der Waals surface area contributed by atoms with Crippen molar-refractivity contribution >= 4 is 16.9 Å². The summed E-state index contributed by atoms with van der Waals surface area (Å²) in [5.41, 5.74) is 2.79. The minimum Gasteiger partial charge on any atom is -0.497 e. The molecule has 0 bridgehead atoms. The standard InChI is InChI=1S/C19H21N3O2/c1-3-12-20-18(23)13-22-17-7-5-4-6-16(17)21-19(22)14-8-10-15(24-2)11-9-14/h4-11H,3,12-13H2,1-2H3,(H,20,23). The number of carbonyl (C=O) groups excluding carboxylic acids is 1. The van der Waals surface area contributed by atoms with Gasteiger partial charge in [0.25, 0.3) is 0 Å². The maximum Gasteiger partial charge on any atom is 0.240 e. The van der Waals surface area contributed by atoms with Crippen LogP contribution in [0.3, 0.4) is 0 Å². The van der Waals surface area contributed by atoms with Crippen molar-refractivity contribution < 1.29 is 9.53 Å². The Kier molecular flexibility index (Phi) is 4.79. The number of amides is 1. The smallest absolute Gasteiger partial charge is 0.240 e. The topological polar surface area (TPSA) is 56.2 Å². The molecule has 24 heavy (non-hydrogen) atoms. The Morgan fingerprint density at radius 3 is 2.62 bits per heavy atom. The first-order valence-electron chi connectivity index (χ1n) is 8.09. The number of hydrogen-bond donors (Lipinski definition) is 1. The highest BCUT2D eigenvalue weighted by Crippen LogP contribution is 2.26. The van der Waals surface area contributed by atoms with Crippen LogP contribution in [0.15, 0.2) is 48.5 Å². The number of carbonyl (C=O) groups is 1. The maximum atomic E-state index is 12.2. The molecule has 3 aromatic rings. The number of benzene rings is 2. The molecule has 0 fully saturated rings. The van der Waals surface area contributed by atoms with Gasteiger partial charge in [0, 0.05) is 12.1 Å². The predicted octanol–water partition coefficient (Wildman–Crippen LogP) is 3.24. The predicted molar refractivity (Wildman–Crippen MR) is 95.0 cm³/mol. The van der Waals surface area contributed by atoms with Crippen LogP contribution in [0.2, 0.25) is 0 Å². The van der Waals surface area contributed by atoms with Gasteiger partial charge in [0.1, 0.15) is 18.1 Å². The molecule has 0 saturated heterocycles. The summed E-state index contributed by atoms with van der Waals surface area (Å²) in [7, 11) is 1.64. The van der Waals surface area contributed by atoms with E-state index in [0.717, 1.165) is 34.6 Å². The van der Waals surface area contributed by atoms with Gasteiger partial charge in [0.05, 0.1) is 18.1 Å². The molecule has 0 radical (unpaired) electrons. The highest BCUT2D eigenvalue weighted by Gasteiger charge is 2.15. The van der Waals surface area contributed by atoms with Crippen molar-refractivity contribution in [3.8, 4) is 17.1 Å².